The first kappa shape index (κ1) is 14.8. The minimum absolute atomic E-state index is 0.128. The first-order valence-electron chi connectivity index (χ1n) is 7.17. The molecule has 0 aliphatic carbocycles. The van der Waals surface area contributed by atoms with Crippen molar-refractivity contribution in [3.63, 3.8) is 0 Å². The van der Waals surface area contributed by atoms with Crippen molar-refractivity contribution in [3.05, 3.63) is 39.7 Å². The zero-order valence-electron chi connectivity index (χ0n) is 12.2. The van der Waals surface area contributed by atoms with Gasteiger partial charge in [-0.3, -0.25) is 9.78 Å². The first-order chi connectivity index (χ1) is 10.6. The van der Waals surface area contributed by atoms with Gasteiger partial charge in [0.15, 0.2) is 0 Å². The van der Waals surface area contributed by atoms with E-state index >= 15 is 0 Å². The predicted octanol–water partition coefficient (Wildman–Crippen LogP) is 1.60. The molecule has 0 saturated carbocycles. The average Bonchev–Trinajstić information content (AvgIpc) is 2.49. The van der Waals surface area contributed by atoms with Crippen LogP contribution < -0.4 is 15.8 Å². The number of nitrogens with one attached hydrogen (secondary N) is 2. The van der Waals surface area contributed by atoms with Crippen LogP contribution in [-0.2, 0) is 0 Å². The van der Waals surface area contributed by atoms with Crippen molar-refractivity contribution in [1.29, 1.82) is 0 Å². The van der Waals surface area contributed by atoms with E-state index in [0.29, 0.717) is 22.5 Å². The van der Waals surface area contributed by atoms with Crippen molar-refractivity contribution in [2.24, 2.45) is 0 Å². The molecule has 0 radical (unpaired) electrons. The number of aromatic amines is 1. The van der Waals surface area contributed by atoms with Crippen LogP contribution in [0.5, 0.6) is 0 Å². The summed E-state index contributed by atoms with van der Waals surface area (Å²) >= 11 is 6.08. The van der Waals surface area contributed by atoms with E-state index < -0.39 is 0 Å². The highest BCUT2D eigenvalue weighted by molar-refractivity contribution is 6.32. The second-order valence-electron chi connectivity index (χ2n) is 5.36. The molecule has 2 aromatic heterocycles. The van der Waals surface area contributed by atoms with Gasteiger partial charge in [-0.05, 0) is 19.8 Å². The van der Waals surface area contributed by atoms with Crippen LogP contribution in [0.1, 0.15) is 18.5 Å². The lowest BCUT2D eigenvalue weighted by atomic mass is 10.1. The van der Waals surface area contributed by atoms with Crippen LogP contribution in [0.4, 0.5) is 11.8 Å². The molecule has 3 heterocycles. The third-order valence-electron chi connectivity index (χ3n) is 3.59. The normalized spacial score (nSPS) is 18.3. The van der Waals surface area contributed by atoms with Gasteiger partial charge in [0.1, 0.15) is 17.2 Å². The molecule has 1 atom stereocenters. The molecule has 0 aromatic carbocycles. The Balaban J connectivity index is 1.74. The lowest BCUT2D eigenvalue weighted by Gasteiger charge is -2.33. The largest absolute Gasteiger partial charge is 0.364 e. The van der Waals surface area contributed by atoms with E-state index in [4.69, 9.17) is 11.6 Å². The number of halogens is 1. The Morgan fingerprint density at radius 2 is 2.36 bits per heavy atom. The maximum Gasteiger partial charge on any atom is 0.252 e. The number of piperidine rings is 1. The molecule has 116 valence electrons. The molecule has 0 amide bonds. The molecule has 8 heteroatoms. The topological polar surface area (TPSA) is 86.8 Å². The van der Waals surface area contributed by atoms with Crippen LogP contribution in [0.15, 0.2) is 23.4 Å². The number of aromatic nitrogens is 4. The van der Waals surface area contributed by atoms with E-state index in [1.54, 1.807) is 6.20 Å². The maximum absolute atomic E-state index is 11.6. The minimum atomic E-state index is -0.128. The number of aryl methyl sites for hydroxylation is 1. The minimum Gasteiger partial charge on any atom is -0.364 e. The maximum atomic E-state index is 11.6. The molecule has 1 aliphatic heterocycles. The fourth-order valence-electron chi connectivity index (χ4n) is 2.61. The Morgan fingerprint density at radius 1 is 1.50 bits per heavy atom. The summed E-state index contributed by atoms with van der Waals surface area (Å²) in [4.78, 5) is 28.9. The van der Waals surface area contributed by atoms with E-state index in [1.807, 2.05) is 6.92 Å². The summed E-state index contributed by atoms with van der Waals surface area (Å²) in [6.07, 6.45) is 5.04. The quantitative estimate of drug-likeness (QED) is 0.893. The zero-order valence-corrected chi connectivity index (χ0v) is 13.0. The third kappa shape index (κ3) is 3.36. The number of hydrogen-bond donors (Lipinski definition) is 2. The number of nitrogens with zero attached hydrogens (tertiary/aromatic N) is 4. The molecular formula is C14H17ClN6O. The standard InChI is InChI=1S/C14H17ClN6O/c1-9-5-12(22)20-14(18-9)21-4-2-3-10(7-21)19-13-11(15)6-16-8-17-13/h5-6,8,10H,2-4,7H2,1H3,(H,16,17,19)(H,18,20,22). The lowest BCUT2D eigenvalue weighted by Crippen LogP contribution is -2.43. The van der Waals surface area contributed by atoms with E-state index in [0.717, 1.165) is 25.9 Å². The van der Waals surface area contributed by atoms with Crippen molar-refractivity contribution < 1.29 is 0 Å². The van der Waals surface area contributed by atoms with Crippen molar-refractivity contribution in [2.45, 2.75) is 25.8 Å². The lowest BCUT2D eigenvalue weighted by molar-refractivity contribution is 0.521. The van der Waals surface area contributed by atoms with Crippen molar-refractivity contribution in [3.8, 4) is 0 Å². The third-order valence-corrected chi connectivity index (χ3v) is 3.86. The van der Waals surface area contributed by atoms with Crippen LogP contribution in [0, 0.1) is 6.92 Å². The summed E-state index contributed by atoms with van der Waals surface area (Å²) < 4.78 is 0. The van der Waals surface area contributed by atoms with Gasteiger partial charge in [-0.1, -0.05) is 11.6 Å². The van der Waals surface area contributed by atoms with E-state index in [1.165, 1.54) is 12.4 Å². The van der Waals surface area contributed by atoms with Gasteiger partial charge in [0, 0.05) is 30.9 Å². The second kappa shape index (κ2) is 6.31. The van der Waals surface area contributed by atoms with Crippen LogP contribution in [0.3, 0.4) is 0 Å². The highest BCUT2D eigenvalue weighted by Gasteiger charge is 2.22. The molecular weight excluding hydrogens is 304 g/mol. The Bertz CT molecular complexity index is 718. The van der Waals surface area contributed by atoms with E-state index in [9.17, 15) is 4.79 Å². The Kier molecular flexibility index (Phi) is 4.24. The second-order valence-corrected chi connectivity index (χ2v) is 5.77. The van der Waals surface area contributed by atoms with Crippen molar-refractivity contribution in [2.75, 3.05) is 23.3 Å². The Morgan fingerprint density at radius 3 is 3.14 bits per heavy atom. The van der Waals surface area contributed by atoms with Gasteiger partial charge in [0.2, 0.25) is 5.95 Å². The summed E-state index contributed by atoms with van der Waals surface area (Å²) in [5.74, 6) is 1.25. The molecule has 2 aromatic rings. The predicted molar refractivity (Wildman–Crippen MR) is 85.5 cm³/mol. The average molecular weight is 321 g/mol. The van der Waals surface area contributed by atoms with Crippen molar-refractivity contribution >= 4 is 23.4 Å². The van der Waals surface area contributed by atoms with E-state index in [-0.39, 0.29) is 11.6 Å². The van der Waals surface area contributed by atoms with Gasteiger partial charge < -0.3 is 10.2 Å². The smallest absolute Gasteiger partial charge is 0.252 e. The fraction of sp³-hybridized carbons (Fsp3) is 0.429. The SMILES string of the molecule is Cc1cc(=O)[nH]c(N2CCCC(Nc3ncncc3Cl)C2)n1. The Hall–Kier alpha value is -2.15. The molecule has 1 saturated heterocycles. The number of anilines is 2. The van der Waals surface area contributed by atoms with Gasteiger partial charge in [-0.2, -0.15) is 0 Å². The van der Waals surface area contributed by atoms with E-state index in [2.05, 4.69) is 30.2 Å². The van der Waals surface area contributed by atoms with Gasteiger partial charge >= 0.3 is 0 Å². The molecule has 1 fully saturated rings. The summed E-state index contributed by atoms with van der Waals surface area (Å²) in [5, 5.41) is 3.84. The van der Waals surface area contributed by atoms with Crippen molar-refractivity contribution in [1.82, 2.24) is 19.9 Å². The molecule has 22 heavy (non-hydrogen) atoms. The summed E-state index contributed by atoms with van der Waals surface area (Å²) in [6.45, 7) is 3.41. The van der Waals surface area contributed by atoms with Gasteiger partial charge in [-0.15, -0.1) is 0 Å². The number of H-pyrrole nitrogens is 1. The molecule has 2 N–H and O–H groups in total. The van der Waals surface area contributed by atoms with Crippen LogP contribution in [0.2, 0.25) is 5.02 Å². The highest BCUT2D eigenvalue weighted by atomic mass is 35.5. The van der Waals surface area contributed by atoms with Crippen LogP contribution in [-0.4, -0.2) is 39.1 Å². The summed E-state index contributed by atoms with van der Waals surface area (Å²) in [7, 11) is 0. The molecule has 1 unspecified atom stereocenters. The fourth-order valence-corrected chi connectivity index (χ4v) is 2.77. The first-order valence-corrected chi connectivity index (χ1v) is 7.54. The number of hydrogen-bond acceptors (Lipinski definition) is 6. The van der Waals surface area contributed by atoms with Crippen LogP contribution >= 0.6 is 11.6 Å². The zero-order chi connectivity index (χ0) is 15.5. The highest BCUT2D eigenvalue weighted by Crippen LogP contribution is 2.21. The summed E-state index contributed by atoms with van der Waals surface area (Å²) in [6, 6.07) is 1.68. The Labute approximate surface area is 132 Å². The van der Waals surface area contributed by atoms with Gasteiger partial charge in [0.05, 0.1) is 6.20 Å². The van der Waals surface area contributed by atoms with Gasteiger partial charge in [0.25, 0.3) is 5.56 Å². The molecule has 0 spiro atoms. The monoisotopic (exact) mass is 320 g/mol. The number of rotatable bonds is 3. The molecule has 7 nitrogen and oxygen atoms in total. The summed E-state index contributed by atoms with van der Waals surface area (Å²) in [5.41, 5.74) is 0.587. The molecule has 3 rings (SSSR count). The molecule has 0 bridgehead atoms. The van der Waals surface area contributed by atoms with Crippen LogP contribution in [0.25, 0.3) is 0 Å². The van der Waals surface area contributed by atoms with Gasteiger partial charge in [-0.25, -0.2) is 15.0 Å². The molecule has 1 aliphatic rings.